The lowest BCUT2D eigenvalue weighted by molar-refractivity contribution is -0.142. The van der Waals surface area contributed by atoms with Gasteiger partial charge in [0.15, 0.2) is 29.8 Å². The van der Waals surface area contributed by atoms with E-state index in [1.54, 1.807) is 6.07 Å². The minimum absolute atomic E-state index is 0.0169. The highest BCUT2D eigenvalue weighted by Crippen LogP contribution is 2.23. The van der Waals surface area contributed by atoms with Gasteiger partial charge in [0, 0.05) is 17.5 Å². The van der Waals surface area contributed by atoms with Crippen LogP contribution < -0.4 is 0 Å². The number of hydrogen-bond donors (Lipinski definition) is 0. The molecular formula is C21H18F2O4. The van der Waals surface area contributed by atoms with Crippen LogP contribution in [0.1, 0.15) is 51.1 Å². The zero-order chi connectivity index (χ0) is 19.4. The Hall–Kier alpha value is -2.89. The number of benzene rings is 2. The summed E-state index contributed by atoms with van der Waals surface area (Å²) < 4.78 is 30.8. The lowest BCUT2D eigenvalue weighted by Crippen LogP contribution is -2.15. The van der Waals surface area contributed by atoms with Gasteiger partial charge in [-0.15, -0.1) is 0 Å². The zero-order valence-corrected chi connectivity index (χ0v) is 14.6. The van der Waals surface area contributed by atoms with Crippen LogP contribution in [-0.4, -0.2) is 24.1 Å². The zero-order valence-electron chi connectivity index (χ0n) is 14.6. The Morgan fingerprint density at radius 3 is 2.30 bits per heavy atom. The monoisotopic (exact) mass is 372 g/mol. The average molecular weight is 372 g/mol. The van der Waals surface area contributed by atoms with Crippen LogP contribution in [0.3, 0.4) is 0 Å². The van der Waals surface area contributed by atoms with Gasteiger partial charge in [-0.3, -0.25) is 14.4 Å². The highest BCUT2D eigenvalue weighted by molar-refractivity contribution is 5.99. The standard InChI is InChI=1S/C21H18F2O4/c22-17-7-6-16(11-18(17)23)20(25)12-27-21(26)9-8-19(24)15-5-4-13-2-1-3-14(13)10-15/h4-7,10-11H,1-3,8-9,12H2. The SMILES string of the molecule is O=C(CCC(=O)c1ccc2c(c1)CCC2)OCC(=O)c1ccc(F)c(F)c1. The normalized spacial score (nSPS) is 12.5. The fourth-order valence-electron chi connectivity index (χ4n) is 3.08. The maximum atomic E-state index is 13.1. The van der Waals surface area contributed by atoms with Crippen molar-refractivity contribution in [2.45, 2.75) is 32.1 Å². The number of carbonyl (C=O) groups excluding carboxylic acids is 3. The molecule has 1 aliphatic carbocycles. The van der Waals surface area contributed by atoms with E-state index >= 15 is 0 Å². The van der Waals surface area contributed by atoms with E-state index in [-0.39, 0.29) is 24.2 Å². The van der Waals surface area contributed by atoms with Gasteiger partial charge in [-0.05, 0) is 54.7 Å². The molecule has 0 N–H and O–H groups in total. The van der Waals surface area contributed by atoms with Gasteiger partial charge in [-0.2, -0.15) is 0 Å². The molecule has 2 aromatic carbocycles. The Morgan fingerprint density at radius 2 is 1.52 bits per heavy atom. The summed E-state index contributed by atoms with van der Waals surface area (Å²) in [6.45, 7) is -0.586. The van der Waals surface area contributed by atoms with E-state index < -0.39 is 30.0 Å². The van der Waals surface area contributed by atoms with Gasteiger partial charge in [0.1, 0.15) is 0 Å². The van der Waals surface area contributed by atoms with E-state index in [9.17, 15) is 23.2 Å². The summed E-state index contributed by atoms with van der Waals surface area (Å²) >= 11 is 0. The van der Waals surface area contributed by atoms with E-state index in [2.05, 4.69) is 0 Å². The Balaban J connectivity index is 1.47. The fourth-order valence-corrected chi connectivity index (χ4v) is 3.08. The first-order chi connectivity index (χ1) is 12.9. The first-order valence-corrected chi connectivity index (χ1v) is 8.73. The predicted molar refractivity (Wildman–Crippen MR) is 93.7 cm³/mol. The second-order valence-corrected chi connectivity index (χ2v) is 6.47. The summed E-state index contributed by atoms with van der Waals surface area (Å²) in [5, 5.41) is 0. The summed E-state index contributed by atoms with van der Waals surface area (Å²) in [6.07, 6.45) is 2.91. The van der Waals surface area contributed by atoms with Gasteiger partial charge in [0.25, 0.3) is 0 Å². The molecule has 0 aromatic heterocycles. The molecule has 0 bridgehead atoms. The number of halogens is 2. The molecule has 27 heavy (non-hydrogen) atoms. The number of ketones is 2. The van der Waals surface area contributed by atoms with Crippen LogP contribution in [0.2, 0.25) is 0 Å². The molecule has 140 valence electrons. The van der Waals surface area contributed by atoms with E-state index in [4.69, 9.17) is 4.74 Å². The van der Waals surface area contributed by atoms with Gasteiger partial charge in [-0.1, -0.05) is 12.1 Å². The molecule has 0 amide bonds. The maximum absolute atomic E-state index is 13.1. The van der Waals surface area contributed by atoms with Gasteiger partial charge in [-0.25, -0.2) is 8.78 Å². The highest BCUT2D eigenvalue weighted by atomic mass is 19.2. The second kappa shape index (κ2) is 8.20. The smallest absolute Gasteiger partial charge is 0.306 e. The molecule has 0 unspecified atom stereocenters. The molecule has 6 heteroatoms. The van der Waals surface area contributed by atoms with Crippen LogP contribution in [0.5, 0.6) is 0 Å². The number of fused-ring (bicyclic) bond motifs is 1. The maximum Gasteiger partial charge on any atom is 0.306 e. The number of carbonyl (C=O) groups is 3. The number of Topliss-reactive ketones (excluding diaryl/α,β-unsaturated/α-hetero) is 2. The Bertz CT molecular complexity index is 905. The Labute approximate surface area is 155 Å². The summed E-state index contributed by atoms with van der Waals surface area (Å²) in [5.74, 6) is -3.71. The minimum Gasteiger partial charge on any atom is -0.457 e. The van der Waals surface area contributed by atoms with Crippen LogP contribution >= 0.6 is 0 Å². The van der Waals surface area contributed by atoms with Gasteiger partial charge >= 0.3 is 5.97 Å². The fraction of sp³-hybridized carbons (Fsp3) is 0.286. The number of aryl methyl sites for hydroxylation is 2. The number of esters is 1. The first-order valence-electron chi connectivity index (χ1n) is 8.73. The predicted octanol–water partition coefficient (Wildman–Crippen LogP) is 3.84. The van der Waals surface area contributed by atoms with Gasteiger partial charge < -0.3 is 4.74 Å². The van der Waals surface area contributed by atoms with E-state index in [0.29, 0.717) is 5.56 Å². The summed E-state index contributed by atoms with van der Waals surface area (Å²) in [5.41, 5.74) is 2.93. The molecule has 0 spiro atoms. The van der Waals surface area contributed by atoms with E-state index in [1.807, 2.05) is 12.1 Å². The van der Waals surface area contributed by atoms with E-state index in [1.165, 1.54) is 11.1 Å². The molecule has 3 rings (SSSR count). The number of ether oxygens (including phenoxy) is 1. The van der Waals surface area contributed by atoms with Crippen molar-refractivity contribution in [2.75, 3.05) is 6.61 Å². The highest BCUT2D eigenvalue weighted by Gasteiger charge is 2.16. The lowest BCUT2D eigenvalue weighted by Gasteiger charge is -2.06. The van der Waals surface area contributed by atoms with Crippen LogP contribution in [0.15, 0.2) is 36.4 Å². The molecule has 0 radical (unpaired) electrons. The van der Waals surface area contributed by atoms with Crippen molar-refractivity contribution in [3.05, 3.63) is 70.3 Å². The second-order valence-electron chi connectivity index (χ2n) is 6.47. The van der Waals surface area contributed by atoms with Gasteiger partial charge in [0.05, 0.1) is 6.42 Å². The topological polar surface area (TPSA) is 60.4 Å². The molecule has 4 nitrogen and oxygen atoms in total. The molecule has 2 aromatic rings. The van der Waals surface area contributed by atoms with Crippen LogP contribution in [0.4, 0.5) is 8.78 Å². The molecule has 0 heterocycles. The third-order valence-corrected chi connectivity index (χ3v) is 4.58. The lowest BCUT2D eigenvalue weighted by atomic mass is 10.0. The van der Waals surface area contributed by atoms with Crippen molar-refractivity contribution in [1.29, 1.82) is 0 Å². The largest absolute Gasteiger partial charge is 0.457 e. The Kier molecular flexibility index (Phi) is 5.74. The van der Waals surface area contributed by atoms with Crippen molar-refractivity contribution in [3.8, 4) is 0 Å². The van der Waals surface area contributed by atoms with Crippen molar-refractivity contribution >= 4 is 17.5 Å². The van der Waals surface area contributed by atoms with Gasteiger partial charge in [0.2, 0.25) is 0 Å². The van der Waals surface area contributed by atoms with Crippen molar-refractivity contribution in [3.63, 3.8) is 0 Å². The summed E-state index contributed by atoms with van der Waals surface area (Å²) in [4.78, 5) is 35.8. The van der Waals surface area contributed by atoms with Crippen LogP contribution in [0.25, 0.3) is 0 Å². The molecule has 0 fully saturated rings. The molecule has 0 saturated carbocycles. The van der Waals surface area contributed by atoms with Crippen LogP contribution in [-0.2, 0) is 22.4 Å². The number of hydrogen-bond acceptors (Lipinski definition) is 4. The Morgan fingerprint density at radius 1 is 0.815 bits per heavy atom. The third-order valence-electron chi connectivity index (χ3n) is 4.58. The third kappa shape index (κ3) is 4.64. The molecule has 1 aliphatic rings. The van der Waals surface area contributed by atoms with Crippen molar-refractivity contribution in [1.82, 2.24) is 0 Å². The van der Waals surface area contributed by atoms with Crippen LogP contribution in [0, 0.1) is 11.6 Å². The summed E-state index contributed by atoms with van der Waals surface area (Å²) in [6, 6.07) is 8.30. The average Bonchev–Trinajstić information content (AvgIpc) is 3.14. The molecule has 0 aliphatic heterocycles. The van der Waals surface area contributed by atoms with E-state index in [0.717, 1.165) is 37.5 Å². The van der Waals surface area contributed by atoms with Crippen molar-refractivity contribution < 1.29 is 27.9 Å². The molecule has 0 atom stereocenters. The minimum atomic E-state index is -1.15. The number of rotatable bonds is 7. The molecule has 0 saturated heterocycles. The summed E-state index contributed by atoms with van der Waals surface area (Å²) in [7, 11) is 0. The quantitative estimate of drug-likeness (QED) is 0.547. The first kappa shape index (κ1) is 18.9. The van der Waals surface area contributed by atoms with Crippen molar-refractivity contribution in [2.24, 2.45) is 0 Å². The molecular weight excluding hydrogens is 354 g/mol.